The van der Waals surface area contributed by atoms with E-state index in [0.29, 0.717) is 12.6 Å². The molecule has 0 atom stereocenters. The Morgan fingerprint density at radius 3 is 2.64 bits per heavy atom. The third kappa shape index (κ3) is 3.00. The summed E-state index contributed by atoms with van der Waals surface area (Å²) in [5.74, 6) is 0.498. The lowest BCUT2D eigenvalue weighted by atomic mass is 10.3. The number of benzene rings is 1. The van der Waals surface area contributed by atoms with Crippen molar-refractivity contribution in [3.8, 4) is 5.75 Å². The van der Waals surface area contributed by atoms with Crippen molar-refractivity contribution in [2.45, 2.75) is 18.9 Å². The van der Waals surface area contributed by atoms with Gasteiger partial charge in [0, 0.05) is 12.6 Å². The summed E-state index contributed by atoms with van der Waals surface area (Å²) in [6, 6.07) is 6.82. The molecule has 0 unspecified atom stereocenters. The summed E-state index contributed by atoms with van der Waals surface area (Å²) in [5, 5.41) is 3.34. The molecular weight excluding hydrogens is 181 g/mol. The van der Waals surface area contributed by atoms with Crippen molar-refractivity contribution >= 4 is 0 Å². The van der Waals surface area contributed by atoms with Crippen LogP contribution in [0.5, 0.6) is 5.75 Å². The lowest BCUT2D eigenvalue weighted by Crippen LogP contribution is -2.22. The quantitative estimate of drug-likeness (QED) is 0.725. The van der Waals surface area contributed by atoms with Crippen molar-refractivity contribution in [1.29, 1.82) is 0 Å². The highest BCUT2D eigenvalue weighted by atomic mass is 19.1. The van der Waals surface area contributed by atoms with Gasteiger partial charge in [-0.05, 0) is 37.1 Å². The van der Waals surface area contributed by atoms with E-state index < -0.39 is 0 Å². The molecular formula is C11H14FNO. The van der Waals surface area contributed by atoms with Crippen LogP contribution >= 0.6 is 0 Å². The van der Waals surface area contributed by atoms with Crippen molar-refractivity contribution in [2.24, 2.45) is 0 Å². The summed E-state index contributed by atoms with van der Waals surface area (Å²) in [4.78, 5) is 0. The molecule has 0 saturated heterocycles. The number of hydrogen-bond acceptors (Lipinski definition) is 2. The van der Waals surface area contributed by atoms with E-state index in [1.807, 2.05) is 0 Å². The van der Waals surface area contributed by atoms with Crippen molar-refractivity contribution in [2.75, 3.05) is 13.2 Å². The van der Waals surface area contributed by atoms with E-state index in [1.54, 1.807) is 12.1 Å². The van der Waals surface area contributed by atoms with Crippen molar-refractivity contribution < 1.29 is 9.13 Å². The fourth-order valence-electron chi connectivity index (χ4n) is 1.25. The average Bonchev–Trinajstić information content (AvgIpc) is 2.99. The first-order valence-electron chi connectivity index (χ1n) is 4.96. The molecule has 1 saturated carbocycles. The predicted molar refractivity (Wildman–Crippen MR) is 52.9 cm³/mol. The fraction of sp³-hybridized carbons (Fsp3) is 0.455. The van der Waals surface area contributed by atoms with Crippen LogP contribution in [-0.2, 0) is 0 Å². The molecule has 0 bridgehead atoms. The zero-order valence-electron chi connectivity index (χ0n) is 8.00. The summed E-state index contributed by atoms with van der Waals surface area (Å²) >= 11 is 0. The second kappa shape index (κ2) is 4.42. The molecule has 1 aliphatic rings. The Morgan fingerprint density at radius 1 is 1.29 bits per heavy atom. The van der Waals surface area contributed by atoms with Gasteiger partial charge in [-0.15, -0.1) is 0 Å². The monoisotopic (exact) mass is 195 g/mol. The van der Waals surface area contributed by atoms with Crippen molar-refractivity contribution in [3.05, 3.63) is 30.1 Å². The second-order valence-corrected chi connectivity index (χ2v) is 3.53. The van der Waals surface area contributed by atoms with Crippen molar-refractivity contribution in [1.82, 2.24) is 5.32 Å². The largest absolute Gasteiger partial charge is 0.492 e. The van der Waals surface area contributed by atoms with Gasteiger partial charge < -0.3 is 10.1 Å². The summed E-state index contributed by atoms with van der Waals surface area (Å²) < 4.78 is 17.9. The molecule has 0 amide bonds. The Labute approximate surface area is 83.1 Å². The van der Waals surface area contributed by atoms with E-state index in [4.69, 9.17) is 4.74 Å². The van der Waals surface area contributed by atoms with Crippen LogP contribution in [-0.4, -0.2) is 19.2 Å². The highest BCUT2D eigenvalue weighted by Gasteiger charge is 2.19. The molecule has 1 aromatic rings. The maximum absolute atomic E-state index is 12.5. The van der Waals surface area contributed by atoms with Gasteiger partial charge in [0.2, 0.25) is 0 Å². The minimum absolute atomic E-state index is 0.228. The van der Waals surface area contributed by atoms with Crippen LogP contribution in [0.15, 0.2) is 24.3 Å². The van der Waals surface area contributed by atoms with E-state index in [1.165, 1.54) is 25.0 Å². The molecule has 2 nitrogen and oxygen atoms in total. The smallest absolute Gasteiger partial charge is 0.123 e. The lowest BCUT2D eigenvalue weighted by Gasteiger charge is -2.06. The molecule has 0 aliphatic heterocycles. The van der Waals surface area contributed by atoms with Crippen LogP contribution in [0, 0.1) is 5.82 Å². The minimum atomic E-state index is -0.228. The summed E-state index contributed by atoms with van der Waals surface area (Å²) in [5.41, 5.74) is 0. The standard InChI is InChI=1S/C11H14FNO/c12-9-1-5-11(6-2-9)14-8-7-13-10-3-4-10/h1-2,5-6,10,13H,3-4,7-8H2. The first-order valence-corrected chi connectivity index (χ1v) is 4.96. The third-order valence-electron chi connectivity index (χ3n) is 2.19. The predicted octanol–water partition coefficient (Wildman–Crippen LogP) is 1.96. The molecule has 1 aliphatic carbocycles. The molecule has 1 N–H and O–H groups in total. The van der Waals surface area contributed by atoms with Gasteiger partial charge in [-0.3, -0.25) is 0 Å². The van der Waals surface area contributed by atoms with Crippen LogP contribution in [0.25, 0.3) is 0 Å². The SMILES string of the molecule is Fc1ccc(OCCNC2CC2)cc1. The molecule has 0 spiro atoms. The minimum Gasteiger partial charge on any atom is -0.492 e. The van der Waals surface area contributed by atoms with Crippen molar-refractivity contribution in [3.63, 3.8) is 0 Å². The van der Waals surface area contributed by atoms with Gasteiger partial charge in [-0.1, -0.05) is 0 Å². The Balaban J connectivity index is 1.66. The van der Waals surface area contributed by atoms with Gasteiger partial charge in [-0.25, -0.2) is 4.39 Å². The van der Waals surface area contributed by atoms with E-state index >= 15 is 0 Å². The highest BCUT2D eigenvalue weighted by molar-refractivity contribution is 5.21. The molecule has 0 radical (unpaired) electrons. The zero-order valence-corrected chi connectivity index (χ0v) is 8.00. The van der Waals surface area contributed by atoms with Gasteiger partial charge in [0.15, 0.2) is 0 Å². The molecule has 14 heavy (non-hydrogen) atoms. The Hall–Kier alpha value is -1.09. The van der Waals surface area contributed by atoms with Gasteiger partial charge >= 0.3 is 0 Å². The van der Waals surface area contributed by atoms with E-state index in [0.717, 1.165) is 12.3 Å². The van der Waals surface area contributed by atoms with Gasteiger partial charge in [-0.2, -0.15) is 0 Å². The van der Waals surface area contributed by atoms with E-state index in [2.05, 4.69) is 5.32 Å². The average molecular weight is 195 g/mol. The fourth-order valence-corrected chi connectivity index (χ4v) is 1.25. The number of halogens is 1. The second-order valence-electron chi connectivity index (χ2n) is 3.53. The highest BCUT2D eigenvalue weighted by Crippen LogP contribution is 2.18. The van der Waals surface area contributed by atoms with Crippen LogP contribution in [0.3, 0.4) is 0 Å². The summed E-state index contributed by atoms with van der Waals surface area (Å²) in [6.07, 6.45) is 2.58. The third-order valence-corrected chi connectivity index (χ3v) is 2.19. The summed E-state index contributed by atoms with van der Waals surface area (Å²) in [7, 11) is 0. The Morgan fingerprint density at radius 2 is 2.00 bits per heavy atom. The topological polar surface area (TPSA) is 21.3 Å². The molecule has 0 aromatic heterocycles. The van der Waals surface area contributed by atoms with Crippen LogP contribution < -0.4 is 10.1 Å². The van der Waals surface area contributed by atoms with E-state index in [-0.39, 0.29) is 5.82 Å². The van der Waals surface area contributed by atoms with Gasteiger partial charge in [0.25, 0.3) is 0 Å². The maximum atomic E-state index is 12.5. The zero-order chi connectivity index (χ0) is 9.80. The number of hydrogen-bond donors (Lipinski definition) is 1. The lowest BCUT2D eigenvalue weighted by molar-refractivity contribution is 0.313. The maximum Gasteiger partial charge on any atom is 0.123 e. The molecule has 1 aromatic carbocycles. The van der Waals surface area contributed by atoms with Crippen LogP contribution in [0.2, 0.25) is 0 Å². The van der Waals surface area contributed by atoms with Crippen LogP contribution in [0.1, 0.15) is 12.8 Å². The van der Waals surface area contributed by atoms with Gasteiger partial charge in [0.05, 0.1) is 0 Å². The van der Waals surface area contributed by atoms with E-state index in [9.17, 15) is 4.39 Å². The first kappa shape index (κ1) is 9.46. The molecule has 2 rings (SSSR count). The first-order chi connectivity index (χ1) is 6.84. The molecule has 0 heterocycles. The summed E-state index contributed by atoms with van der Waals surface area (Å²) in [6.45, 7) is 1.50. The Bertz CT molecular complexity index is 282. The number of nitrogens with one attached hydrogen (secondary N) is 1. The normalized spacial score (nSPS) is 15.5. The molecule has 3 heteroatoms. The van der Waals surface area contributed by atoms with Gasteiger partial charge in [0.1, 0.15) is 18.2 Å². The number of ether oxygens (including phenoxy) is 1. The van der Waals surface area contributed by atoms with Crippen LogP contribution in [0.4, 0.5) is 4.39 Å². The molecule has 76 valence electrons. The number of rotatable bonds is 5. The molecule has 1 fully saturated rings. The Kier molecular flexibility index (Phi) is 2.99.